The van der Waals surface area contributed by atoms with Gasteiger partial charge in [-0.2, -0.15) is 0 Å². The Bertz CT molecular complexity index is 1940. The molecular weight excluding hydrogens is 630 g/mol. The minimum absolute atomic E-state index is 0. The van der Waals surface area contributed by atoms with E-state index in [0.29, 0.717) is 35.6 Å². The first-order chi connectivity index (χ1) is 22.3. The fourth-order valence-corrected chi connectivity index (χ4v) is 4.77. The molecule has 0 radical (unpaired) electrons. The van der Waals surface area contributed by atoms with E-state index in [9.17, 15) is 29.4 Å². The molecule has 2 aromatic heterocycles. The van der Waals surface area contributed by atoms with Gasteiger partial charge in [-0.25, -0.2) is 9.97 Å². The molecule has 4 aromatic carbocycles. The summed E-state index contributed by atoms with van der Waals surface area (Å²) < 4.78 is 0. The van der Waals surface area contributed by atoms with Crippen LogP contribution in [0.1, 0.15) is 43.5 Å². The van der Waals surface area contributed by atoms with E-state index in [1.807, 2.05) is 60.7 Å². The molecule has 0 fully saturated rings. The van der Waals surface area contributed by atoms with Crippen molar-refractivity contribution in [3.63, 3.8) is 0 Å². The third-order valence-electron chi connectivity index (χ3n) is 6.87. The molecule has 12 heteroatoms. The summed E-state index contributed by atoms with van der Waals surface area (Å²) in [4.78, 5) is 60.7. The number of nitrogens with zero attached hydrogens (tertiary/aromatic N) is 2. The Morgan fingerprint density at radius 2 is 0.792 bits per heavy atom. The largest absolute Gasteiger partial charge is 1.00 e. The van der Waals surface area contributed by atoms with E-state index in [1.165, 1.54) is 0 Å². The van der Waals surface area contributed by atoms with Crippen molar-refractivity contribution in [2.24, 2.45) is 0 Å². The van der Waals surface area contributed by atoms with E-state index in [4.69, 9.17) is 0 Å². The van der Waals surface area contributed by atoms with Gasteiger partial charge >= 0.3 is 59.1 Å². The summed E-state index contributed by atoms with van der Waals surface area (Å²) in [7, 11) is 0. The molecule has 10 nitrogen and oxygen atoms in total. The first-order valence-corrected chi connectivity index (χ1v) is 14.2. The Morgan fingerprint density at radius 3 is 1.08 bits per heavy atom. The molecule has 6 aromatic rings. The minimum atomic E-state index is -1.54. The quantitative estimate of drug-likeness (QED) is 0.161. The normalized spacial score (nSPS) is 10.0. The van der Waals surface area contributed by atoms with Crippen LogP contribution in [0, 0.1) is 0 Å². The molecule has 48 heavy (non-hydrogen) atoms. The zero-order chi connectivity index (χ0) is 32.5. The van der Waals surface area contributed by atoms with Gasteiger partial charge < -0.3 is 29.8 Å². The van der Waals surface area contributed by atoms with E-state index in [0.717, 1.165) is 11.1 Å². The molecule has 0 amide bonds. The maximum Gasteiger partial charge on any atom is 1.00 e. The van der Waals surface area contributed by atoms with Gasteiger partial charge in [-0.1, -0.05) is 121 Å². The number of aromatic carboxylic acids is 2. The molecule has 0 unspecified atom stereocenters. The second kappa shape index (κ2) is 18.2. The van der Waals surface area contributed by atoms with Crippen LogP contribution < -0.4 is 80.4 Å². The number of carboxylic acids is 2. The first-order valence-electron chi connectivity index (χ1n) is 14.2. The van der Waals surface area contributed by atoms with Gasteiger partial charge in [0, 0.05) is 24.0 Å². The molecule has 6 rings (SSSR count). The van der Waals surface area contributed by atoms with Crippen molar-refractivity contribution in [1.29, 1.82) is 0 Å². The number of hydrogen-bond donors (Lipinski definition) is 2. The average molecular weight is 657 g/mol. The second-order valence-corrected chi connectivity index (χ2v) is 10.1. The van der Waals surface area contributed by atoms with Crippen LogP contribution >= 0.6 is 0 Å². The number of aromatic amines is 2. The summed E-state index contributed by atoms with van der Waals surface area (Å²) in [6.07, 6.45) is 0.812. The molecule has 0 saturated heterocycles. The molecule has 0 aliphatic carbocycles. The Balaban J connectivity index is 0.000000250. The number of carbonyl (C=O) groups is 2. The molecule has 0 bridgehead atoms. The number of H-pyrrole nitrogens is 2. The van der Waals surface area contributed by atoms with Crippen molar-refractivity contribution < 1.29 is 78.9 Å². The fourth-order valence-electron chi connectivity index (χ4n) is 4.77. The first kappa shape index (κ1) is 38.0. The van der Waals surface area contributed by atoms with Crippen LogP contribution in [0.2, 0.25) is 0 Å². The van der Waals surface area contributed by atoms with Crippen LogP contribution in [0.25, 0.3) is 22.5 Å². The predicted octanol–water partition coefficient (Wildman–Crippen LogP) is -3.21. The summed E-state index contributed by atoms with van der Waals surface area (Å²) in [5, 5.41) is 22.6. The summed E-state index contributed by atoms with van der Waals surface area (Å²) in [5.74, 6) is -2.26. The Kier molecular flexibility index (Phi) is 14.4. The summed E-state index contributed by atoms with van der Waals surface area (Å²) in [5.41, 5.74) is 1.00. The van der Waals surface area contributed by atoms with Crippen LogP contribution in [0.15, 0.2) is 131 Å². The van der Waals surface area contributed by atoms with Gasteiger partial charge in [0.2, 0.25) is 0 Å². The molecule has 0 saturated carbocycles. The van der Waals surface area contributed by atoms with E-state index < -0.39 is 34.2 Å². The third-order valence-corrected chi connectivity index (χ3v) is 6.87. The summed E-state index contributed by atoms with van der Waals surface area (Å²) >= 11 is 0. The van der Waals surface area contributed by atoms with Crippen molar-refractivity contribution in [1.82, 2.24) is 19.9 Å². The van der Waals surface area contributed by atoms with Gasteiger partial charge in [0.1, 0.15) is 11.6 Å². The van der Waals surface area contributed by atoms with Crippen molar-refractivity contribution >= 4 is 11.9 Å². The molecule has 0 spiro atoms. The van der Waals surface area contributed by atoms with Crippen molar-refractivity contribution in [3.8, 4) is 22.5 Å². The Hall–Kier alpha value is -4.42. The van der Waals surface area contributed by atoms with Gasteiger partial charge in [-0.3, -0.25) is 9.59 Å². The van der Waals surface area contributed by atoms with Gasteiger partial charge in [-0.15, -0.1) is 0 Å². The molecule has 0 aliphatic heterocycles. The monoisotopic (exact) mass is 656 g/mol. The number of carboxylic acid groups (broad SMARTS) is 2. The number of aromatic nitrogens is 4. The third kappa shape index (κ3) is 9.80. The van der Waals surface area contributed by atoms with E-state index in [1.54, 1.807) is 60.7 Å². The Labute approximate surface area is 319 Å². The molecule has 0 atom stereocenters. The standard InChI is InChI=1S/2C18H14N2O3.2Na/c2*21-17-15(18(22)23)16(13-9-5-2-6-10-13)19-14(20-17)11-12-7-3-1-4-8-12;;/h2*1-10H,11H2,(H,22,23)(H,19,20,21);;/q;;2*+1/p-2. The van der Waals surface area contributed by atoms with Crippen LogP contribution in [-0.2, 0) is 12.8 Å². The van der Waals surface area contributed by atoms with E-state index in [2.05, 4.69) is 19.9 Å². The number of hydrogen-bond acceptors (Lipinski definition) is 8. The predicted molar refractivity (Wildman–Crippen MR) is 168 cm³/mol. The zero-order valence-electron chi connectivity index (χ0n) is 26.3. The van der Waals surface area contributed by atoms with Crippen molar-refractivity contribution in [3.05, 3.63) is 176 Å². The van der Waals surface area contributed by atoms with Crippen LogP contribution in [0.3, 0.4) is 0 Å². The fraction of sp³-hybridized carbons (Fsp3) is 0.0556. The maximum absolute atomic E-state index is 12.1. The van der Waals surface area contributed by atoms with Crippen LogP contribution in [-0.4, -0.2) is 31.9 Å². The van der Waals surface area contributed by atoms with E-state index in [-0.39, 0.29) is 70.5 Å². The van der Waals surface area contributed by atoms with Gasteiger partial charge in [0.15, 0.2) is 0 Å². The smallest absolute Gasteiger partial charge is 0.545 e. The topological polar surface area (TPSA) is 172 Å². The number of benzene rings is 4. The van der Waals surface area contributed by atoms with E-state index >= 15 is 0 Å². The van der Waals surface area contributed by atoms with Crippen molar-refractivity contribution in [2.45, 2.75) is 12.8 Å². The SMILES string of the molecule is O=C([O-])c1c(-c2ccccc2)nc(Cc2ccccc2)[nH]c1=O.O=C([O-])c1c(-c2ccccc2)nc(Cc2ccccc2)[nH]c1=O.[Na+].[Na+]. The number of carbonyl (C=O) groups excluding carboxylic acids is 2. The van der Waals surface area contributed by atoms with Crippen LogP contribution in [0.5, 0.6) is 0 Å². The summed E-state index contributed by atoms with van der Waals surface area (Å²) in [6.45, 7) is 0. The maximum atomic E-state index is 12.1. The van der Waals surface area contributed by atoms with Gasteiger partial charge in [0.25, 0.3) is 11.1 Å². The van der Waals surface area contributed by atoms with Crippen LogP contribution in [0.4, 0.5) is 0 Å². The molecule has 2 heterocycles. The molecule has 2 N–H and O–H groups in total. The average Bonchev–Trinajstić information content (AvgIpc) is 3.06. The second-order valence-electron chi connectivity index (χ2n) is 10.1. The molecular formula is C36H26N4Na2O6. The number of rotatable bonds is 8. The Morgan fingerprint density at radius 1 is 0.500 bits per heavy atom. The summed E-state index contributed by atoms with van der Waals surface area (Å²) in [6, 6.07) is 36.5. The number of nitrogens with one attached hydrogen (secondary N) is 2. The molecule has 228 valence electrons. The minimum Gasteiger partial charge on any atom is -0.545 e. The van der Waals surface area contributed by atoms with Gasteiger partial charge in [-0.05, 0) is 11.1 Å². The van der Waals surface area contributed by atoms with Crippen molar-refractivity contribution in [2.75, 3.05) is 0 Å². The molecule has 0 aliphatic rings. The zero-order valence-corrected chi connectivity index (χ0v) is 30.3. The van der Waals surface area contributed by atoms with Gasteiger partial charge in [0.05, 0.1) is 34.5 Å².